The van der Waals surface area contributed by atoms with Gasteiger partial charge in [-0.15, -0.1) is 0 Å². The lowest BCUT2D eigenvalue weighted by molar-refractivity contribution is -0.711. The van der Waals surface area contributed by atoms with Crippen molar-refractivity contribution in [2.24, 2.45) is 56.7 Å². The number of aromatic nitrogens is 2. The first-order valence-electron chi connectivity index (χ1n) is 23.7. The molecule has 0 saturated heterocycles. The Morgan fingerprint density at radius 2 is 1.26 bits per heavy atom. The third-order valence-electron chi connectivity index (χ3n) is 18.7. The monoisotopic (exact) mass is 982 g/mol. The van der Waals surface area contributed by atoms with Crippen molar-refractivity contribution < 1.29 is 62.2 Å². The second-order valence-electron chi connectivity index (χ2n) is 22.1. The lowest BCUT2D eigenvalue weighted by atomic mass is 9.32. The minimum Gasteiger partial charge on any atom is -1.00 e. The van der Waals surface area contributed by atoms with Gasteiger partial charge in [0.25, 0.3) is 12.1 Å². The molecule has 346 valence electrons. The van der Waals surface area contributed by atoms with Gasteiger partial charge in [-0.1, -0.05) is 60.6 Å². The van der Waals surface area contributed by atoms with Crippen LogP contribution in [0.25, 0.3) is 0 Å². The first-order chi connectivity index (χ1) is 28.3. The number of carbonyl (C=O) groups is 2. The molecule has 5 aliphatic rings. The second-order valence-corrected chi connectivity index (χ2v) is 22.1. The molecule has 2 aromatic rings. The summed E-state index contributed by atoms with van der Waals surface area (Å²) in [6.45, 7) is 24.4. The van der Waals surface area contributed by atoms with E-state index in [9.17, 15) is 9.59 Å². The molecule has 0 radical (unpaired) electrons. The largest absolute Gasteiger partial charge is 1.00 e. The zero-order chi connectivity index (χ0) is 43.6. The molecule has 8 nitrogen and oxygen atoms in total. The predicted molar refractivity (Wildman–Crippen MR) is 240 cm³/mol. The number of anilines is 2. The van der Waals surface area contributed by atoms with Crippen LogP contribution in [0.4, 0.5) is 11.4 Å². The van der Waals surface area contributed by atoms with E-state index in [-0.39, 0.29) is 91.2 Å². The Morgan fingerprint density at radius 1 is 0.710 bits per heavy atom. The Labute approximate surface area is 396 Å². The van der Waals surface area contributed by atoms with Crippen LogP contribution in [0.3, 0.4) is 0 Å². The minimum atomic E-state index is -0.330. The summed E-state index contributed by atoms with van der Waals surface area (Å²) >= 11 is 0. The van der Waals surface area contributed by atoms with Gasteiger partial charge in [-0.2, -0.15) is 9.13 Å². The van der Waals surface area contributed by atoms with Crippen molar-refractivity contribution in [1.82, 2.24) is 0 Å². The molecule has 5 fully saturated rings. The molecule has 0 bridgehead atoms. The van der Waals surface area contributed by atoms with Gasteiger partial charge in [-0.25, -0.2) is 9.59 Å². The van der Waals surface area contributed by atoms with Gasteiger partial charge in [0, 0.05) is 87.5 Å². The Kier molecular flexibility index (Phi) is 15.3. The highest BCUT2D eigenvalue weighted by Gasteiger charge is 2.71. The molecule has 5 saturated carbocycles. The van der Waals surface area contributed by atoms with Crippen molar-refractivity contribution in [2.75, 3.05) is 44.6 Å². The fraction of sp³-hybridized carbons (Fsp3) is 0.731. The first kappa shape index (κ1) is 50.5. The highest BCUT2D eigenvalue weighted by molar-refractivity contribution is 5.73. The van der Waals surface area contributed by atoms with Gasteiger partial charge in [0.15, 0.2) is 24.8 Å². The van der Waals surface area contributed by atoms with Crippen molar-refractivity contribution in [1.29, 1.82) is 0 Å². The van der Waals surface area contributed by atoms with E-state index < -0.39 is 0 Å². The van der Waals surface area contributed by atoms with Crippen molar-refractivity contribution >= 4 is 23.3 Å². The summed E-state index contributed by atoms with van der Waals surface area (Å²) in [5.41, 5.74) is 4.00. The quantitative estimate of drug-likeness (QED) is 0.182. The zero-order valence-corrected chi connectivity index (χ0v) is 43.5. The number of pyridine rings is 2. The number of rotatable bonds is 12. The molecule has 5 aliphatic carbocycles. The van der Waals surface area contributed by atoms with E-state index in [1.54, 1.807) is 0 Å². The highest BCUT2D eigenvalue weighted by Crippen LogP contribution is 2.77. The maximum absolute atomic E-state index is 14.0. The second kappa shape index (κ2) is 18.8. The molecule has 6 unspecified atom stereocenters. The number of hydrogen-bond donors (Lipinski definition) is 0. The van der Waals surface area contributed by atoms with E-state index in [4.69, 9.17) is 9.47 Å². The van der Waals surface area contributed by atoms with E-state index in [2.05, 4.69) is 96.0 Å². The summed E-state index contributed by atoms with van der Waals surface area (Å²) in [5.74, 6) is 2.42. The number of esters is 2. The lowest BCUT2D eigenvalue weighted by Crippen LogP contribution is -3.00. The molecule has 62 heavy (non-hydrogen) atoms. The van der Waals surface area contributed by atoms with Gasteiger partial charge in [-0.05, 0) is 117 Å². The van der Waals surface area contributed by atoms with E-state index >= 15 is 0 Å². The Hall–Kier alpha value is -2.46. The molecule has 12 atom stereocenters. The summed E-state index contributed by atoms with van der Waals surface area (Å²) < 4.78 is 17.2. The van der Waals surface area contributed by atoms with Crippen LogP contribution in [0.15, 0.2) is 61.2 Å². The van der Waals surface area contributed by atoms with Crippen LogP contribution in [0.5, 0.6) is 0 Å². The number of fused-ring (bicyclic) bond motifs is 7. The average Bonchev–Trinajstić information content (AvgIpc) is 3.60. The topological polar surface area (TPSA) is 66.8 Å². The van der Waals surface area contributed by atoms with Crippen LogP contribution in [0.1, 0.15) is 145 Å². The molecular formula is C52H80Br2N4O4. The Morgan fingerprint density at radius 3 is 1.77 bits per heavy atom. The molecule has 2 aromatic heterocycles. The van der Waals surface area contributed by atoms with Crippen LogP contribution >= 0.6 is 0 Å². The third-order valence-corrected chi connectivity index (χ3v) is 18.7. The average molecular weight is 985 g/mol. The van der Waals surface area contributed by atoms with E-state index in [1.165, 1.54) is 37.7 Å². The van der Waals surface area contributed by atoms with Gasteiger partial charge in [0.1, 0.15) is 6.10 Å². The summed E-state index contributed by atoms with van der Waals surface area (Å²) in [5, 5.41) is 0. The third kappa shape index (κ3) is 8.34. The molecule has 0 amide bonds. The van der Waals surface area contributed by atoms with Crippen molar-refractivity contribution in [3.63, 3.8) is 0 Å². The Balaban J connectivity index is 0.00000363. The van der Waals surface area contributed by atoms with Crippen LogP contribution in [0.2, 0.25) is 0 Å². The fourth-order valence-electron chi connectivity index (χ4n) is 15.1. The molecular weight excluding hydrogens is 904 g/mol. The summed E-state index contributed by atoms with van der Waals surface area (Å²) in [7, 11) is 8.15. The number of halogens is 2. The molecule has 0 N–H and O–H groups in total. The van der Waals surface area contributed by atoms with Gasteiger partial charge >= 0.3 is 11.9 Å². The van der Waals surface area contributed by atoms with Crippen molar-refractivity contribution in [3.05, 3.63) is 61.2 Å². The summed E-state index contributed by atoms with van der Waals surface area (Å²) in [6, 6.07) is 7.62. The van der Waals surface area contributed by atoms with E-state index in [0.717, 1.165) is 43.5 Å². The minimum absolute atomic E-state index is 0. The van der Waals surface area contributed by atoms with Crippen LogP contribution in [-0.4, -0.2) is 52.8 Å². The lowest BCUT2D eigenvalue weighted by Gasteiger charge is -2.73. The standard InChI is InChI=1S/C52H80N4O4.2BrH/c1-14-40(55-30-21-36(22-31-55)53(10)11)46(57)59-34-52-27-18-38(35(3)4)45(52)39-16-17-43-49(7)25-20-44(48(5,6)42(49)19-26-51(43,9)50(39,8)28-29-52)60-47(58)41(15-2)56-32-23-37(24-33-56)54(12)13;;/h21-24,30-33,38-45H,3,14-20,25-29,34H2,1-2,4-13H3;2*1H/q+2;;/p-2/t38-,39?,40?,41?,42?,43?,44-,45?,49-,50+,51+,52+;;/m0../s1. The van der Waals surface area contributed by atoms with E-state index in [0.29, 0.717) is 49.0 Å². The number of carbonyl (C=O) groups excluding carboxylic acids is 2. The number of allylic oxidation sites excluding steroid dienone is 1. The molecule has 0 spiro atoms. The summed E-state index contributed by atoms with van der Waals surface area (Å²) in [4.78, 5) is 32.1. The zero-order valence-electron chi connectivity index (χ0n) is 40.3. The van der Waals surface area contributed by atoms with Crippen molar-refractivity contribution in [3.8, 4) is 0 Å². The number of hydrogen-bond acceptors (Lipinski definition) is 6. The number of ether oxygens (including phenoxy) is 2. The van der Waals surface area contributed by atoms with Gasteiger partial charge in [-0.3, -0.25) is 0 Å². The van der Waals surface area contributed by atoms with Crippen LogP contribution < -0.4 is 52.9 Å². The predicted octanol–water partition coefficient (Wildman–Crippen LogP) is 4.12. The van der Waals surface area contributed by atoms with Gasteiger partial charge in [0.2, 0.25) is 0 Å². The van der Waals surface area contributed by atoms with Crippen LogP contribution in [-0.2, 0) is 19.1 Å². The first-order valence-corrected chi connectivity index (χ1v) is 23.7. The SMILES string of the molecule is C=C(C)[C@@H]1CC[C@]2(COC(=O)C(CC)[n+]3ccc(N(C)C)cc3)CC[C@]3(C)C(CCC4[C@@]5(C)CC[C@H](OC(=O)C(CC)[n+]6ccc(N(C)C)cc6)C(C)(C)C5CC[C@]43C)C12.[Br-].[Br-]. The molecule has 0 aromatic carbocycles. The fourth-order valence-corrected chi connectivity index (χ4v) is 15.1. The molecule has 2 heterocycles. The molecule has 10 heteroatoms. The molecule has 0 aliphatic heterocycles. The smallest absolute Gasteiger partial charge is 0.376 e. The highest BCUT2D eigenvalue weighted by atomic mass is 79.9. The van der Waals surface area contributed by atoms with Gasteiger partial charge < -0.3 is 53.2 Å². The normalized spacial score (nSPS) is 35.2. The molecule has 7 rings (SSSR count). The maximum atomic E-state index is 14.0. The van der Waals surface area contributed by atoms with Gasteiger partial charge in [0.05, 0.1) is 6.61 Å². The number of nitrogens with zero attached hydrogens (tertiary/aromatic N) is 4. The van der Waals surface area contributed by atoms with Crippen molar-refractivity contribution in [2.45, 2.75) is 151 Å². The Bertz CT molecular complexity index is 1900. The summed E-state index contributed by atoms with van der Waals surface area (Å²) in [6.07, 6.45) is 20.8. The van der Waals surface area contributed by atoms with Crippen LogP contribution in [0, 0.1) is 56.7 Å². The maximum Gasteiger partial charge on any atom is 0.376 e. The van der Waals surface area contributed by atoms with E-state index in [1.807, 2.05) is 62.1 Å².